The minimum absolute atomic E-state index is 0.000420. The maximum atomic E-state index is 12.4. The molecule has 0 bridgehead atoms. The summed E-state index contributed by atoms with van der Waals surface area (Å²) in [5.74, 6) is -1.13. The van der Waals surface area contributed by atoms with E-state index in [4.69, 9.17) is 0 Å². The minimum atomic E-state index is -1.13. The number of carboxylic acid groups (broad SMARTS) is 1. The van der Waals surface area contributed by atoms with Gasteiger partial charge in [0, 0.05) is 26.7 Å². The van der Waals surface area contributed by atoms with Gasteiger partial charge in [0.1, 0.15) is 0 Å². The van der Waals surface area contributed by atoms with Crippen LogP contribution in [0.2, 0.25) is 0 Å². The number of imidazole rings is 1. The molecule has 0 spiro atoms. The smallest absolute Gasteiger partial charge is 0.337 e. The second kappa shape index (κ2) is 6.56. The minimum Gasteiger partial charge on any atom is -0.478 e. The van der Waals surface area contributed by atoms with Gasteiger partial charge in [-0.05, 0) is 12.1 Å². The van der Waals surface area contributed by atoms with Crippen LogP contribution in [0.25, 0.3) is 11.2 Å². The number of fused-ring (bicyclic) bond motifs is 1. The highest BCUT2D eigenvalue weighted by Crippen LogP contribution is 2.11. The Balaban J connectivity index is 1.94. The van der Waals surface area contributed by atoms with Crippen LogP contribution in [0.3, 0.4) is 0 Å². The summed E-state index contributed by atoms with van der Waals surface area (Å²) < 4.78 is 3.67. The molecular formula is C16H17N5O5. The third kappa shape index (κ3) is 2.90. The monoisotopic (exact) mass is 359 g/mol. The highest BCUT2D eigenvalue weighted by molar-refractivity contribution is 5.88. The Bertz CT molecular complexity index is 1110. The number of pyridine rings is 1. The van der Waals surface area contributed by atoms with E-state index in [1.807, 2.05) is 0 Å². The maximum absolute atomic E-state index is 12.4. The Morgan fingerprint density at radius 3 is 2.65 bits per heavy atom. The van der Waals surface area contributed by atoms with Gasteiger partial charge < -0.3 is 14.8 Å². The standard InChI is InChI=1S/C16H17N5O5/c1-19-13-12(14(23)20(2)16(19)26)21(8-18-13)7-9(22)6-11-10(15(24)25)4-3-5-17-11/h3-5,8-9,22H,6-7H2,1-2H3,(H,24,25). The van der Waals surface area contributed by atoms with E-state index in [0.717, 1.165) is 4.57 Å². The van der Waals surface area contributed by atoms with Gasteiger partial charge >= 0.3 is 11.7 Å². The number of hydrogen-bond acceptors (Lipinski definition) is 6. The molecule has 10 heteroatoms. The van der Waals surface area contributed by atoms with E-state index in [-0.39, 0.29) is 35.4 Å². The fourth-order valence-corrected chi connectivity index (χ4v) is 2.85. The molecule has 0 saturated heterocycles. The lowest BCUT2D eigenvalue weighted by molar-refractivity contribution is 0.0694. The molecule has 3 aromatic heterocycles. The van der Waals surface area contributed by atoms with E-state index in [1.54, 1.807) is 0 Å². The molecular weight excluding hydrogens is 342 g/mol. The van der Waals surface area contributed by atoms with Crippen LogP contribution in [-0.4, -0.2) is 46.0 Å². The molecule has 0 fully saturated rings. The number of aliphatic hydroxyl groups excluding tert-OH is 1. The van der Waals surface area contributed by atoms with Crippen molar-refractivity contribution < 1.29 is 15.0 Å². The number of hydrogen-bond donors (Lipinski definition) is 2. The van der Waals surface area contributed by atoms with Gasteiger partial charge in [0.25, 0.3) is 5.56 Å². The highest BCUT2D eigenvalue weighted by atomic mass is 16.4. The number of rotatable bonds is 5. The zero-order chi connectivity index (χ0) is 19.0. The van der Waals surface area contributed by atoms with Gasteiger partial charge in [-0.1, -0.05) is 0 Å². The van der Waals surface area contributed by atoms with Crippen LogP contribution in [0.5, 0.6) is 0 Å². The van der Waals surface area contributed by atoms with Gasteiger partial charge in [-0.25, -0.2) is 14.6 Å². The lowest BCUT2D eigenvalue weighted by Gasteiger charge is -2.13. The second-order valence-electron chi connectivity index (χ2n) is 5.94. The van der Waals surface area contributed by atoms with Gasteiger partial charge in [0.2, 0.25) is 0 Å². The van der Waals surface area contributed by atoms with Gasteiger partial charge in [-0.3, -0.25) is 18.9 Å². The van der Waals surface area contributed by atoms with E-state index >= 15 is 0 Å². The summed E-state index contributed by atoms with van der Waals surface area (Å²) in [4.78, 5) is 43.6. The van der Waals surface area contributed by atoms with Crippen molar-refractivity contribution in [2.24, 2.45) is 14.1 Å². The van der Waals surface area contributed by atoms with Crippen LogP contribution in [0, 0.1) is 0 Å². The average Bonchev–Trinajstić information content (AvgIpc) is 3.02. The van der Waals surface area contributed by atoms with Crippen LogP contribution in [0.4, 0.5) is 0 Å². The van der Waals surface area contributed by atoms with Crippen molar-refractivity contribution in [3.8, 4) is 0 Å². The molecule has 0 amide bonds. The summed E-state index contributed by atoms with van der Waals surface area (Å²) in [6.45, 7) is -0.000420. The first kappa shape index (κ1) is 17.5. The number of carbonyl (C=O) groups is 1. The molecule has 1 unspecified atom stereocenters. The van der Waals surface area contributed by atoms with Gasteiger partial charge in [0.05, 0.1) is 30.2 Å². The van der Waals surface area contributed by atoms with Crippen molar-refractivity contribution in [3.63, 3.8) is 0 Å². The summed E-state index contributed by atoms with van der Waals surface area (Å²) in [5.41, 5.74) is -0.343. The van der Waals surface area contributed by atoms with Crippen molar-refractivity contribution in [1.82, 2.24) is 23.7 Å². The Kier molecular flexibility index (Phi) is 4.43. The van der Waals surface area contributed by atoms with Crippen molar-refractivity contribution in [3.05, 3.63) is 56.8 Å². The number of nitrogens with zero attached hydrogens (tertiary/aromatic N) is 5. The Hall–Kier alpha value is -3.27. The Morgan fingerprint density at radius 2 is 1.96 bits per heavy atom. The first-order chi connectivity index (χ1) is 12.3. The number of aryl methyl sites for hydroxylation is 1. The molecule has 0 radical (unpaired) electrons. The van der Waals surface area contributed by atoms with Crippen LogP contribution >= 0.6 is 0 Å². The van der Waals surface area contributed by atoms with Gasteiger partial charge in [-0.15, -0.1) is 0 Å². The van der Waals surface area contributed by atoms with Crippen LogP contribution in [-0.2, 0) is 27.1 Å². The van der Waals surface area contributed by atoms with E-state index in [0.29, 0.717) is 0 Å². The normalized spacial score (nSPS) is 12.4. The highest BCUT2D eigenvalue weighted by Gasteiger charge is 2.18. The van der Waals surface area contributed by atoms with E-state index in [2.05, 4.69) is 9.97 Å². The lowest BCUT2D eigenvalue weighted by atomic mass is 10.1. The average molecular weight is 359 g/mol. The molecule has 2 N–H and O–H groups in total. The topological polar surface area (TPSA) is 132 Å². The first-order valence-corrected chi connectivity index (χ1v) is 7.77. The van der Waals surface area contributed by atoms with Gasteiger partial charge in [0.15, 0.2) is 11.2 Å². The van der Waals surface area contributed by atoms with E-state index < -0.39 is 23.3 Å². The maximum Gasteiger partial charge on any atom is 0.337 e. The quantitative estimate of drug-likeness (QED) is 0.605. The van der Waals surface area contributed by atoms with Crippen LogP contribution < -0.4 is 11.2 Å². The predicted octanol–water partition coefficient (Wildman–Crippen LogP) is -0.870. The van der Waals surface area contributed by atoms with E-state index in [9.17, 15) is 24.6 Å². The molecule has 136 valence electrons. The van der Waals surface area contributed by atoms with Gasteiger partial charge in [-0.2, -0.15) is 0 Å². The largest absolute Gasteiger partial charge is 0.478 e. The molecule has 0 aliphatic heterocycles. The molecule has 26 heavy (non-hydrogen) atoms. The van der Waals surface area contributed by atoms with E-state index in [1.165, 1.54) is 47.9 Å². The molecule has 0 aromatic carbocycles. The van der Waals surface area contributed by atoms with Crippen molar-refractivity contribution in [2.75, 3.05) is 0 Å². The summed E-state index contributed by atoms with van der Waals surface area (Å²) in [6.07, 6.45) is 1.81. The molecule has 0 saturated carbocycles. The first-order valence-electron chi connectivity index (χ1n) is 7.77. The Labute approximate surface area is 146 Å². The summed E-state index contributed by atoms with van der Waals surface area (Å²) in [7, 11) is 2.87. The zero-order valence-corrected chi connectivity index (χ0v) is 14.2. The van der Waals surface area contributed by atoms with Crippen molar-refractivity contribution >= 4 is 17.1 Å². The van der Waals surface area contributed by atoms with Crippen LogP contribution in [0.1, 0.15) is 16.1 Å². The molecule has 1 atom stereocenters. The lowest BCUT2D eigenvalue weighted by Crippen LogP contribution is -2.37. The fourth-order valence-electron chi connectivity index (χ4n) is 2.85. The summed E-state index contributed by atoms with van der Waals surface area (Å²) >= 11 is 0. The molecule has 3 heterocycles. The molecule has 10 nitrogen and oxygen atoms in total. The molecule has 0 aliphatic rings. The third-order valence-corrected chi connectivity index (χ3v) is 4.17. The predicted molar refractivity (Wildman–Crippen MR) is 91.1 cm³/mol. The Morgan fingerprint density at radius 1 is 1.23 bits per heavy atom. The third-order valence-electron chi connectivity index (χ3n) is 4.17. The zero-order valence-electron chi connectivity index (χ0n) is 14.2. The number of carboxylic acids is 1. The number of aromatic carboxylic acids is 1. The number of aromatic nitrogens is 5. The molecule has 3 aromatic rings. The molecule has 3 rings (SSSR count). The van der Waals surface area contributed by atoms with Crippen molar-refractivity contribution in [2.45, 2.75) is 19.1 Å². The second-order valence-corrected chi connectivity index (χ2v) is 5.94. The molecule has 0 aliphatic carbocycles. The summed E-state index contributed by atoms with van der Waals surface area (Å²) in [6, 6.07) is 2.92. The number of aliphatic hydroxyl groups is 1. The van der Waals surface area contributed by atoms with Crippen LogP contribution in [0.15, 0.2) is 34.2 Å². The fraction of sp³-hybridized carbons (Fsp3) is 0.312. The van der Waals surface area contributed by atoms with Crippen molar-refractivity contribution in [1.29, 1.82) is 0 Å². The summed E-state index contributed by atoms with van der Waals surface area (Å²) in [5, 5.41) is 19.6. The SMILES string of the molecule is Cn1c(=O)c2c(ncn2CC(O)Cc2ncccc2C(=O)O)n(C)c1=O.